The standard InChI is InChI=1S/C5H12NO4/c1-5(3-7,4-8)6(9)10-2/h7-8H,3-4H2,1-2H3/q+1. The van der Waals surface area contributed by atoms with Crippen LogP contribution in [0.4, 0.5) is 0 Å². The Hall–Kier alpha value is -0.680. The van der Waals surface area contributed by atoms with E-state index in [1.54, 1.807) is 0 Å². The average Bonchev–Trinajstić information content (AvgIpc) is 2.01. The molecule has 0 rings (SSSR count). The molecule has 0 saturated carbocycles. The fraction of sp³-hybridized carbons (Fsp3) is 1.00. The molecule has 0 aromatic heterocycles. The Morgan fingerprint density at radius 1 is 1.50 bits per heavy atom. The Balaban J connectivity index is 4.17. The van der Waals surface area contributed by atoms with Gasteiger partial charge in [-0.1, -0.05) is 0 Å². The second-order valence-corrected chi connectivity index (χ2v) is 2.25. The van der Waals surface area contributed by atoms with E-state index in [1.165, 1.54) is 14.0 Å². The van der Waals surface area contributed by atoms with Crippen LogP contribution in [-0.2, 0) is 4.84 Å². The highest BCUT2D eigenvalue weighted by molar-refractivity contribution is 4.67. The van der Waals surface area contributed by atoms with Crippen molar-refractivity contribution in [1.82, 2.24) is 0 Å². The lowest BCUT2D eigenvalue weighted by Crippen LogP contribution is -2.44. The summed E-state index contributed by atoms with van der Waals surface area (Å²) in [5.41, 5.74) is -1.24. The number of aliphatic hydroxyl groups excluding tert-OH is 2. The zero-order valence-corrected chi connectivity index (χ0v) is 6.07. The summed E-state index contributed by atoms with van der Waals surface area (Å²) in [6, 6.07) is 0. The molecular formula is C5H12NO4+. The fourth-order valence-electron chi connectivity index (χ4n) is 0.386. The number of hydrogen-bond acceptors (Lipinski definition) is 4. The normalized spacial score (nSPS) is 11.2. The quantitative estimate of drug-likeness (QED) is 0.508. The summed E-state index contributed by atoms with van der Waals surface area (Å²) < 4.78 is 0. The van der Waals surface area contributed by atoms with Crippen molar-refractivity contribution in [2.45, 2.75) is 12.5 Å². The minimum atomic E-state index is -1.24. The van der Waals surface area contributed by atoms with Crippen LogP contribution in [0.2, 0.25) is 0 Å². The van der Waals surface area contributed by atoms with Crippen molar-refractivity contribution >= 4 is 0 Å². The first-order valence-corrected chi connectivity index (χ1v) is 2.84. The largest absolute Gasteiger partial charge is 0.389 e. The van der Waals surface area contributed by atoms with Crippen molar-refractivity contribution < 1.29 is 20.0 Å². The van der Waals surface area contributed by atoms with Gasteiger partial charge < -0.3 is 10.2 Å². The molecule has 0 bridgehead atoms. The summed E-state index contributed by atoms with van der Waals surface area (Å²) >= 11 is 0. The van der Waals surface area contributed by atoms with Gasteiger partial charge in [0.1, 0.15) is 13.2 Å². The number of aliphatic hydroxyl groups is 2. The molecule has 0 saturated heterocycles. The third-order valence-electron chi connectivity index (χ3n) is 1.29. The molecule has 0 spiro atoms. The molecule has 0 unspecified atom stereocenters. The Bertz CT molecular complexity index is 121. The molecule has 0 aromatic rings. The van der Waals surface area contributed by atoms with Crippen molar-refractivity contribution in [3.63, 3.8) is 0 Å². The van der Waals surface area contributed by atoms with E-state index in [0.29, 0.717) is 0 Å². The van der Waals surface area contributed by atoms with E-state index >= 15 is 0 Å². The summed E-state index contributed by atoms with van der Waals surface area (Å²) in [6.45, 7) is 0.505. The van der Waals surface area contributed by atoms with E-state index < -0.39 is 18.8 Å². The van der Waals surface area contributed by atoms with E-state index in [-0.39, 0.29) is 4.92 Å². The van der Waals surface area contributed by atoms with Gasteiger partial charge in [0.15, 0.2) is 7.11 Å². The average molecular weight is 150 g/mol. The summed E-state index contributed by atoms with van der Waals surface area (Å²) in [5, 5.41) is 17.2. The minimum Gasteiger partial charge on any atom is -0.389 e. The predicted octanol–water partition coefficient (Wildman–Crippen LogP) is -0.930. The topological polar surface area (TPSA) is 69.8 Å². The second kappa shape index (κ2) is 3.48. The van der Waals surface area contributed by atoms with Gasteiger partial charge in [-0.2, -0.15) is 0 Å². The first-order chi connectivity index (χ1) is 4.60. The van der Waals surface area contributed by atoms with E-state index in [0.717, 1.165) is 0 Å². The van der Waals surface area contributed by atoms with E-state index in [1.807, 2.05) is 0 Å². The van der Waals surface area contributed by atoms with Crippen LogP contribution in [0, 0.1) is 4.91 Å². The lowest BCUT2D eigenvalue weighted by Gasteiger charge is -2.10. The molecule has 10 heavy (non-hydrogen) atoms. The molecule has 5 nitrogen and oxygen atoms in total. The van der Waals surface area contributed by atoms with Gasteiger partial charge in [0.25, 0.3) is 0 Å². The van der Waals surface area contributed by atoms with E-state index in [2.05, 4.69) is 4.84 Å². The Morgan fingerprint density at radius 2 is 1.90 bits per heavy atom. The van der Waals surface area contributed by atoms with Crippen LogP contribution in [0.15, 0.2) is 0 Å². The zero-order valence-electron chi connectivity index (χ0n) is 6.07. The highest BCUT2D eigenvalue weighted by Gasteiger charge is 2.42. The van der Waals surface area contributed by atoms with Crippen molar-refractivity contribution in [3.8, 4) is 0 Å². The number of nitrogens with zero attached hydrogens (tertiary/aromatic N) is 1. The van der Waals surface area contributed by atoms with Gasteiger partial charge in [-0.3, -0.25) is 0 Å². The predicted molar refractivity (Wildman–Crippen MR) is 33.2 cm³/mol. The van der Waals surface area contributed by atoms with Crippen molar-refractivity contribution in [3.05, 3.63) is 4.91 Å². The highest BCUT2D eigenvalue weighted by Crippen LogP contribution is 2.06. The summed E-state index contributed by atoms with van der Waals surface area (Å²) in [7, 11) is 1.18. The first-order valence-electron chi connectivity index (χ1n) is 2.84. The molecule has 0 aliphatic carbocycles. The minimum absolute atomic E-state index is 0.174. The first kappa shape index (κ1) is 9.32. The maximum Gasteiger partial charge on any atom is 0.308 e. The second-order valence-electron chi connectivity index (χ2n) is 2.25. The van der Waals surface area contributed by atoms with Crippen molar-refractivity contribution in [2.24, 2.45) is 0 Å². The molecular weight excluding hydrogens is 138 g/mol. The summed E-state index contributed by atoms with van der Waals surface area (Å²) in [5.74, 6) is 0. The van der Waals surface area contributed by atoms with Gasteiger partial charge in [0.05, 0.1) is 4.91 Å². The lowest BCUT2D eigenvalue weighted by molar-refractivity contribution is -0.845. The van der Waals surface area contributed by atoms with Gasteiger partial charge in [-0.25, -0.2) is 4.84 Å². The molecule has 0 aliphatic rings. The smallest absolute Gasteiger partial charge is 0.308 e. The monoisotopic (exact) mass is 150 g/mol. The van der Waals surface area contributed by atoms with E-state index in [4.69, 9.17) is 10.2 Å². The molecule has 0 aromatic carbocycles. The molecule has 2 N–H and O–H groups in total. The van der Waals surface area contributed by atoms with Gasteiger partial charge in [-0.15, -0.1) is 0 Å². The van der Waals surface area contributed by atoms with Crippen LogP contribution in [-0.4, -0.2) is 41.0 Å². The Kier molecular flexibility index (Phi) is 3.24. The van der Waals surface area contributed by atoms with Crippen LogP contribution < -0.4 is 0 Å². The van der Waals surface area contributed by atoms with Gasteiger partial charge >= 0.3 is 5.54 Å². The lowest BCUT2D eigenvalue weighted by atomic mass is 10.1. The van der Waals surface area contributed by atoms with Gasteiger partial charge in [-0.05, 0) is 0 Å². The Morgan fingerprint density at radius 3 is 2.00 bits per heavy atom. The molecule has 0 heterocycles. The Labute approximate surface area is 58.8 Å². The molecule has 0 atom stereocenters. The van der Waals surface area contributed by atoms with E-state index in [9.17, 15) is 4.91 Å². The van der Waals surface area contributed by atoms with Crippen molar-refractivity contribution in [2.75, 3.05) is 20.3 Å². The number of rotatable bonds is 4. The van der Waals surface area contributed by atoms with Crippen LogP contribution in [0.5, 0.6) is 0 Å². The van der Waals surface area contributed by atoms with Crippen LogP contribution in [0.25, 0.3) is 0 Å². The van der Waals surface area contributed by atoms with Crippen molar-refractivity contribution in [1.29, 1.82) is 0 Å². The van der Waals surface area contributed by atoms with Crippen LogP contribution >= 0.6 is 0 Å². The molecule has 60 valence electrons. The molecule has 0 amide bonds. The SMILES string of the molecule is CO[N+](=O)C(C)(CO)CO. The maximum absolute atomic E-state index is 10.7. The van der Waals surface area contributed by atoms with Crippen LogP contribution in [0.1, 0.15) is 6.92 Å². The fourth-order valence-corrected chi connectivity index (χ4v) is 0.386. The molecule has 0 aliphatic heterocycles. The number of hydrogen-bond donors (Lipinski definition) is 2. The summed E-state index contributed by atoms with van der Waals surface area (Å²) in [4.78, 5) is 15.1. The third kappa shape index (κ3) is 1.65. The van der Waals surface area contributed by atoms with Crippen LogP contribution in [0.3, 0.4) is 0 Å². The van der Waals surface area contributed by atoms with Gasteiger partial charge in [0, 0.05) is 6.92 Å². The maximum atomic E-state index is 10.7. The summed E-state index contributed by atoms with van der Waals surface area (Å²) in [6.07, 6.45) is 0. The van der Waals surface area contributed by atoms with Gasteiger partial charge in [0.2, 0.25) is 4.92 Å². The third-order valence-corrected chi connectivity index (χ3v) is 1.29. The highest BCUT2D eigenvalue weighted by atomic mass is 16.8. The molecule has 5 heteroatoms. The molecule has 0 fully saturated rings. The zero-order chi connectivity index (χ0) is 8.20. The molecule has 0 radical (unpaired) electrons.